The lowest BCUT2D eigenvalue weighted by molar-refractivity contribution is 0.344. The maximum absolute atomic E-state index is 12.6. The van der Waals surface area contributed by atoms with Gasteiger partial charge in [-0.15, -0.1) is 6.58 Å². The van der Waals surface area contributed by atoms with Gasteiger partial charge in [-0.2, -0.15) is 0 Å². The van der Waals surface area contributed by atoms with E-state index in [1.165, 1.54) is 6.08 Å². The quantitative estimate of drug-likeness (QED) is 0.785. The third-order valence-electron chi connectivity index (χ3n) is 3.34. The van der Waals surface area contributed by atoms with Crippen LogP contribution in [0.4, 0.5) is 0 Å². The Hall–Kier alpha value is -1.13. The molecule has 1 atom stereocenters. The lowest BCUT2D eigenvalue weighted by atomic mass is 10.1. The van der Waals surface area contributed by atoms with Gasteiger partial charge in [0.05, 0.1) is 0 Å². The number of sulfonamides is 1. The molecule has 18 heavy (non-hydrogen) atoms. The van der Waals surface area contributed by atoms with Crippen molar-refractivity contribution in [3.63, 3.8) is 0 Å². The molecule has 0 aliphatic carbocycles. The standard InChI is InChI=1S/C14H19NO2S/c1-2-14(13-9-5-3-6-10-13)18(16,17)15-11-7-4-8-12-15/h2-3,5-6,9-10,14H,1,4,7-8,11-12H2. The van der Waals surface area contributed by atoms with Gasteiger partial charge >= 0.3 is 0 Å². The molecule has 0 radical (unpaired) electrons. The molecule has 4 heteroatoms. The second-order valence-corrected chi connectivity index (χ2v) is 6.63. The molecule has 1 aromatic rings. The highest BCUT2D eigenvalue weighted by atomic mass is 32.2. The van der Waals surface area contributed by atoms with Gasteiger partial charge in [0.2, 0.25) is 10.0 Å². The van der Waals surface area contributed by atoms with Crippen molar-refractivity contribution in [3.8, 4) is 0 Å². The number of hydrogen-bond acceptors (Lipinski definition) is 2. The summed E-state index contributed by atoms with van der Waals surface area (Å²) in [7, 11) is -3.31. The molecule has 0 aromatic heterocycles. The number of nitrogens with zero attached hydrogens (tertiary/aromatic N) is 1. The normalized spacial score (nSPS) is 19.3. The van der Waals surface area contributed by atoms with Crippen LogP contribution in [0.5, 0.6) is 0 Å². The molecule has 1 aliphatic rings. The predicted octanol–water partition coefficient (Wildman–Crippen LogP) is 2.73. The van der Waals surface area contributed by atoms with Crippen LogP contribution in [0.1, 0.15) is 30.1 Å². The molecular weight excluding hydrogens is 246 g/mol. The smallest absolute Gasteiger partial charge is 0.211 e. The van der Waals surface area contributed by atoms with Gasteiger partial charge in [-0.3, -0.25) is 0 Å². The van der Waals surface area contributed by atoms with E-state index in [9.17, 15) is 8.42 Å². The van der Waals surface area contributed by atoms with Gasteiger partial charge in [0.15, 0.2) is 0 Å². The monoisotopic (exact) mass is 265 g/mol. The number of hydrogen-bond donors (Lipinski definition) is 0. The van der Waals surface area contributed by atoms with Crippen molar-refractivity contribution in [1.29, 1.82) is 0 Å². The molecule has 0 bridgehead atoms. The highest BCUT2D eigenvalue weighted by Crippen LogP contribution is 2.28. The first kappa shape index (κ1) is 13.3. The van der Waals surface area contributed by atoms with Gasteiger partial charge in [-0.1, -0.05) is 42.8 Å². The van der Waals surface area contributed by atoms with E-state index in [1.54, 1.807) is 4.31 Å². The summed E-state index contributed by atoms with van der Waals surface area (Å²) < 4.78 is 26.8. The van der Waals surface area contributed by atoms with E-state index in [4.69, 9.17) is 0 Å². The van der Waals surface area contributed by atoms with Crippen LogP contribution in [0.15, 0.2) is 43.0 Å². The summed E-state index contributed by atoms with van der Waals surface area (Å²) >= 11 is 0. The fraction of sp³-hybridized carbons (Fsp3) is 0.429. The Morgan fingerprint density at radius 3 is 2.28 bits per heavy atom. The Morgan fingerprint density at radius 1 is 1.11 bits per heavy atom. The average molecular weight is 265 g/mol. The Bertz CT molecular complexity index is 490. The van der Waals surface area contributed by atoms with E-state index in [0.29, 0.717) is 13.1 Å². The zero-order valence-corrected chi connectivity index (χ0v) is 11.3. The van der Waals surface area contributed by atoms with E-state index in [1.807, 2.05) is 30.3 Å². The fourth-order valence-electron chi connectivity index (χ4n) is 2.35. The molecule has 0 N–H and O–H groups in total. The topological polar surface area (TPSA) is 37.4 Å². The van der Waals surface area contributed by atoms with Gasteiger partial charge in [0, 0.05) is 13.1 Å². The van der Waals surface area contributed by atoms with Crippen LogP contribution in [0, 0.1) is 0 Å². The van der Waals surface area contributed by atoms with Crippen molar-refractivity contribution in [1.82, 2.24) is 4.31 Å². The highest BCUT2D eigenvalue weighted by Gasteiger charge is 2.31. The van der Waals surface area contributed by atoms with Gasteiger partial charge in [0.25, 0.3) is 0 Å². The van der Waals surface area contributed by atoms with Crippen LogP contribution in [0.3, 0.4) is 0 Å². The molecule has 2 rings (SSSR count). The lowest BCUT2D eigenvalue weighted by Crippen LogP contribution is -2.38. The molecule has 1 saturated heterocycles. The zero-order chi connectivity index (χ0) is 13.0. The molecule has 0 saturated carbocycles. The largest absolute Gasteiger partial charge is 0.224 e. The van der Waals surface area contributed by atoms with Crippen LogP contribution in [0.25, 0.3) is 0 Å². The molecule has 1 fully saturated rings. The summed E-state index contributed by atoms with van der Waals surface area (Å²) in [5.41, 5.74) is 0.790. The molecule has 1 heterocycles. The van der Waals surface area contributed by atoms with E-state index in [2.05, 4.69) is 6.58 Å². The highest BCUT2D eigenvalue weighted by molar-refractivity contribution is 7.89. The van der Waals surface area contributed by atoms with Crippen molar-refractivity contribution in [2.24, 2.45) is 0 Å². The summed E-state index contributed by atoms with van der Waals surface area (Å²) in [4.78, 5) is 0. The first-order valence-electron chi connectivity index (χ1n) is 6.33. The van der Waals surface area contributed by atoms with Crippen LogP contribution in [0.2, 0.25) is 0 Å². The van der Waals surface area contributed by atoms with Gasteiger partial charge in [-0.25, -0.2) is 12.7 Å². The van der Waals surface area contributed by atoms with Crippen molar-refractivity contribution in [2.75, 3.05) is 13.1 Å². The molecule has 0 amide bonds. The summed E-state index contributed by atoms with van der Waals surface area (Å²) in [6.07, 6.45) is 4.56. The van der Waals surface area contributed by atoms with Crippen molar-refractivity contribution >= 4 is 10.0 Å². The molecule has 0 spiro atoms. The summed E-state index contributed by atoms with van der Waals surface area (Å²) in [6, 6.07) is 9.29. The van der Waals surface area contributed by atoms with E-state index < -0.39 is 15.3 Å². The third kappa shape index (κ3) is 2.65. The minimum Gasteiger partial charge on any atom is -0.211 e. The lowest BCUT2D eigenvalue weighted by Gasteiger charge is -2.29. The van der Waals surface area contributed by atoms with Gasteiger partial charge in [-0.05, 0) is 18.4 Å². The second-order valence-electron chi connectivity index (χ2n) is 4.57. The van der Waals surface area contributed by atoms with Crippen LogP contribution in [-0.2, 0) is 10.0 Å². The minimum atomic E-state index is -3.31. The number of rotatable bonds is 4. The van der Waals surface area contributed by atoms with E-state index >= 15 is 0 Å². The maximum atomic E-state index is 12.6. The molecule has 1 unspecified atom stereocenters. The number of benzene rings is 1. The van der Waals surface area contributed by atoms with Crippen molar-refractivity contribution in [3.05, 3.63) is 48.6 Å². The summed E-state index contributed by atoms with van der Waals surface area (Å²) in [5.74, 6) is 0. The van der Waals surface area contributed by atoms with Gasteiger partial charge in [0.1, 0.15) is 5.25 Å². The van der Waals surface area contributed by atoms with Gasteiger partial charge < -0.3 is 0 Å². The minimum absolute atomic E-state index is 0.628. The molecule has 1 aliphatic heterocycles. The van der Waals surface area contributed by atoms with E-state index in [-0.39, 0.29) is 0 Å². The Kier molecular flexibility index (Phi) is 4.19. The fourth-order valence-corrected chi connectivity index (χ4v) is 4.18. The third-order valence-corrected chi connectivity index (χ3v) is 5.53. The van der Waals surface area contributed by atoms with Crippen LogP contribution >= 0.6 is 0 Å². The zero-order valence-electron chi connectivity index (χ0n) is 10.5. The predicted molar refractivity (Wildman–Crippen MR) is 73.7 cm³/mol. The first-order chi connectivity index (χ1) is 8.66. The first-order valence-corrected chi connectivity index (χ1v) is 7.83. The molecular formula is C14H19NO2S. The Balaban J connectivity index is 2.29. The average Bonchev–Trinajstić information content (AvgIpc) is 2.41. The van der Waals surface area contributed by atoms with Crippen LogP contribution < -0.4 is 0 Å². The van der Waals surface area contributed by atoms with Crippen molar-refractivity contribution < 1.29 is 8.42 Å². The summed E-state index contributed by atoms with van der Waals surface area (Å²) in [5, 5.41) is -0.628. The second kappa shape index (κ2) is 5.67. The molecule has 98 valence electrons. The van der Waals surface area contributed by atoms with Crippen LogP contribution in [-0.4, -0.2) is 25.8 Å². The molecule has 1 aromatic carbocycles. The Labute approximate surface area is 109 Å². The maximum Gasteiger partial charge on any atom is 0.224 e. The Morgan fingerprint density at radius 2 is 1.72 bits per heavy atom. The number of piperidine rings is 1. The molecule has 3 nitrogen and oxygen atoms in total. The SMILES string of the molecule is C=CC(c1ccccc1)S(=O)(=O)N1CCCCC1. The van der Waals surface area contributed by atoms with E-state index in [0.717, 1.165) is 24.8 Å². The van der Waals surface area contributed by atoms with Crippen molar-refractivity contribution in [2.45, 2.75) is 24.5 Å². The summed E-state index contributed by atoms with van der Waals surface area (Å²) in [6.45, 7) is 4.97.